The van der Waals surface area contributed by atoms with E-state index in [2.05, 4.69) is 38.4 Å². The van der Waals surface area contributed by atoms with E-state index in [9.17, 15) is 9.59 Å². The quantitative estimate of drug-likeness (QED) is 0.268. The van der Waals surface area contributed by atoms with Crippen molar-refractivity contribution in [2.75, 3.05) is 36.5 Å². The fourth-order valence-electron chi connectivity index (χ4n) is 5.24. The van der Waals surface area contributed by atoms with E-state index < -0.39 is 12.0 Å². The van der Waals surface area contributed by atoms with Crippen LogP contribution in [-0.4, -0.2) is 48.3 Å². The van der Waals surface area contributed by atoms with Gasteiger partial charge in [0.25, 0.3) is 5.91 Å². The number of carbonyl (C=O) groups excluding carboxylic acids is 2. The molecule has 0 unspecified atom stereocenters. The summed E-state index contributed by atoms with van der Waals surface area (Å²) >= 11 is 0. The molecule has 0 radical (unpaired) electrons. The molecule has 1 fully saturated rings. The molecule has 2 aromatic heterocycles. The van der Waals surface area contributed by atoms with Gasteiger partial charge in [-0.05, 0) is 41.8 Å². The molecule has 3 aromatic carbocycles. The molecule has 9 heteroatoms. The Morgan fingerprint density at radius 2 is 1.85 bits per heavy atom. The number of carbonyl (C=O) groups is 2. The normalized spacial score (nSPS) is 13.5. The molecule has 4 N–H and O–H groups in total. The third-order valence-corrected chi connectivity index (χ3v) is 7.29. The van der Waals surface area contributed by atoms with Gasteiger partial charge in [0, 0.05) is 52.5 Å². The number of morpholine rings is 1. The molecule has 0 aliphatic carbocycles. The molecule has 9 nitrogen and oxygen atoms in total. The van der Waals surface area contributed by atoms with Gasteiger partial charge in [-0.2, -0.15) is 0 Å². The number of nitrogens with zero attached hydrogens (tertiary/aromatic N) is 2. The minimum atomic E-state index is -0.607. The minimum Gasteiger partial charge on any atom is -0.444 e. The molecule has 1 aliphatic rings. The number of aromatic nitrogens is 2. The number of amides is 2. The maximum absolute atomic E-state index is 12.6. The fraction of sp³-hybridized carbons (Fsp3) is 0.194. The van der Waals surface area contributed by atoms with Crippen molar-refractivity contribution < 1.29 is 19.1 Å². The molecule has 1 aliphatic heterocycles. The topological polar surface area (TPSA) is 123 Å². The number of nitrogens with one attached hydrogen (secondary N) is 2. The number of pyridine rings is 1. The summed E-state index contributed by atoms with van der Waals surface area (Å²) in [5.74, 6) is -0.607. The van der Waals surface area contributed by atoms with Crippen LogP contribution < -0.4 is 16.0 Å². The van der Waals surface area contributed by atoms with Crippen LogP contribution in [0.15, 0.2) is 72.9 Å². The summed E-state index contributed by atoms with van der Waals surface area (Å²) < 4.78 is 10.9. The summed E-state index contributed by atoms with van der Waals surface area (Å²) in [7, 11) is 0. The molecule has 2 amide bonds. The zero-order valence-corrected chi connectivity index (χ0v) is 22.1. The number of ether oxygens (including phenoxy) is 2. The van der Waals surface area contributed by atoms with Gasteiger partial charge >= 0.3 is 6.09 Å². The number of primary amides is 1. The third kappa shape index (κ3) is 4.83. The molecule has 0 bridgehead atoms. The smallest absolute Gasteiger partial charge is 0.411 e. The van der Waals surface area contributed by atoms with Gasteiger partial charge < -0.3 is 25.1 Å². The van der Waals surface area contributed by atoms with E-state index in [1.165, 1.54) is 0 Å². The average Bonchev–Trinajstić information content (AvgIpc) is 3.36. The number of fused-ring (bicyclic) bond motifs is 3. The Hall–Kier alpha value is -4.89. The second-order valence-corrected chi connectivity index (χ2v) is 9.75. The van der Waals surface area contributed by atoms with Crippen LogP contribution in [-0.2, 0) is 16.1 Å². The lowest BCUT2D eigenvalue weighted by Crippen LogP contribution is -2.36. The first-order valence-corrected chi connectivity index (χ1v) is 13.1. The van der Waals surface area contributed by atoms with E-state index in [1.54, 1.807) is 6.20 Å². The first-order chi connectivity index (χ1) is 19.5. The second kappa shape index (κ2) is 10.7. The van der Waals surface area contributed by atoms with Crippen LogP contribution in [0.3, 0.4) is 0 Å². The molecule has 0 saturated carbocycles. The number of hydrogen-bond donors (Lipinski definition) is 3. The lowest BCUT2D eigenvalue weighted by atomic mass is 9.96. The number of rotatable bonds is 6. The number of benzene rings is 3. The minimum absolute atomic E-state index is 0.173. The Labute approximate surface area is 230 Å². The second-order valence-electron chi connectivity index (χ2n) is 9.75. The number of hydrogen-bond acceptors (Lipinski definition) is 6. The van der Waals surface area contributed by atoms with Crippen molar-refractivity contribution in [1.82, 2.24) is 9.97 Å². The lowest BCUT2D eigenvalue weighted by molar-refractivity contribution is 0.0997. The Bertz CT molecular complexity index is 1720. The number of aromatic amines is 1. The zero-order chi connectivity index (χ0) is 27.6. The van der Waals surface area contributed by atoms with Crippen molar-refractivity contribution in [3.63, 3.8) is 0 Å². The van der Waals surface area contributed by atoms with Crippen molar-refractivity contribution in [1.29, 1.82) is 0 Å². The highest BCUT2D eigenvalue weighted by Crippen LogP contribution is 2.39. The lowest BCUT2D eigenvalue weighted by Gasteiger charge is -2.28. The maximum Gasteiger partial charge on any atom is 0.411 e. The van der Waals surface area contributed by atoms with Crippen LogP contribution in [0, 0.1) is 6.92 Å². The van der Waals surface area contributed by atoms with Gasteiger partial charge in [-0.25, -0.2) is 9.78 Å². The van der Waals surface area contributed by atoms with E-state index in [1.807, 2.05) is 55.5 Å². The van der Waals surface area contributed by atoms with Crippen molar-refractivity contribution in [2.24, 2.45) is 5.73 Å². The summed E-state index contributed by atoms with van der Waals surface area (Å²) in [6.07, 6.45) is 1.13. The SMILES string of the molecule is Cc1c(NC(=O)OCc2ccccc2)cccc1-c1cnc(C(N)=O)c2[nH]c3cc(N4CCOCC4)ccc3c12. The van der Waals surface area contributed by atoms with Gasteiger partial charge in [0.1, 0.15) is 6.61 Å². The highest BCUT2D eigenvalue weighted by molar-refractivity contribution is 6.19. The van der Waals surface area contributed by atoms with Crippen LogP contribution in [0.1, 0.15) is 21.6 Å². The van der Waals surface area contributed by atoms with Gasteiger partial charge in [0.05, 0.1) is 18.7 Å². The first-order valence-electron chi connectivity index (χ1n) is 13.1. The van der Waals surface area contributed by atoms with Crippen LogP contribution in [0.25, 0.3) is 32.9 Å². The predicted octanol–water partition coefficient (Wildman–Crippen LogP) is 5.38. The first kappa shape index (κ1) is 25.4. The molecule has 0 atom stereocenters. The standard InChI is InChI=1S/C31H29N5O4/c1-19-22(8-5-9-25(19)35-31(38)40-18-20-6-3-2-4-7-20)24-17-33-29(30(32)37)28-27(24)23-11-10-21(16-26(23)34-28)36-12-14-39-15-13-36/h2-11,16-17,34H,12-15,18H2,1H3,(H2,32,37)(H,35,38). The van der Waals surface area contributed by atoms with Crippen molar-refractivity contribution >= 4 is 45.2 Å². The largest absolute Gasteiger partial charge is 0.444 e. The van der Waals surface area contributed by atoms with E-state index in [0.29, 0.717) is 24.4 Å². The van der Waals surface area contributed by atoms with Crippen LogP contribution in [0.4, 0.5) is 16.2 Å². The average molecular weight is 536 g/mol. The molecule has 6 rings (SSSR count). The Morgan fingerprint density at radius 1 is 1.05 bits per heavy atom. The molecule has 40 heavy (non-hydrogen) atoms. The summed E-state index contributed by atoms with van der Waals surface area (Å²) in [6, 6.07) is 21.4. The number of nitrogens with two attached hydrogens (primary N) is 1. The number of H-pyrrole nitrogens is 1. The van der Waals surface area contributed by atoms with Crippen LogP contribution >= 0.6 is 0 Å². The summed E-state index contributed by atoms with van der Waals surface area (Å²) in [5.41, 5.74) is 12.5. The van der Waals surface area contributed by atoms with Gasteiger partial charge in [0.2, 0.25) is 0 Å². The van der Waals surface area contributed by atoms with Crippen molar-refractivity contribution in [3.05, 3.63) is 89.7 Å². The molecule has 1 saturated heterocycles. The van der Waals surface area contributed by atoms with Gasteiger partial charge in [0.15, 0.2) is 5.69 Å². The predicted molar refractivity (Wildman–Crippen MR) is 156 cm³/mol. The maximum atomic E-state index is 12.6. The summed E-state index contributed by atoms with van der Waals surface area (Å²) in [5, 5.41) is 4.66. The van der Waals surface area contributed by atoms with E-state index in [-0.39, 0.29) is 12.3 Å². The highest BCUT2D eigenvalue weighted by Gasteiger charge is 2.21. The molecule has 5 aromatic rings. The third-order valence-electron chi connectivity index (χ3n) is 7.29. The number of anilines is 2. The van der Waals surface area contributed by atoms with Gasteiger partial charge in [-0.15, -0.1) is 0 Å². The highest BCUT2D eigenvalue weighted by atomic mass is 16.5. The summed E-state index contributed by atoms with van der Waals surface area (Å²) in [6.45, 7) is 5.12. The Kier molecular flexibility index (Phi) is 6.79. The fourth-order valence-corrected chi connectivity index (χ4v) is 5.24. The van der Waals surface area contributed by atoms with Crippen molar-refractivity contribution in [2.45, 2.75) is 13.5 Å². The van der Waals surface area contributed by atoms with E-state index in [0.717, 1.165) is 57.3 Å². The van der Waals surface area contributed by atoms with E-state index >= 15 is 0 Å². The molecule has 202 valence electrons. The molecular formula is C31H29N5O4. The van der Waals surface area contributed by atoms with Gasteiger partial charge in [-0.3, -0.25) is 10.1 Å². The monoisotopic (exact) mass is 535 g/mol. The van der Waals surface area contributed by atoms with E-state index in [4.69, 9.17) is 15.2 Å². The van der Waals surface area contributed by atoms with Crippen LogP contribution in [0.5, 0.6) is 0 Å². The van der Waals surface area contributed by atoms with Crippen LogP contribution in [0.2, 0.25) is 0 Å². The molecule has 3 heterocycles. The van der Waals surface area contributed by atoms with Crippen molar-refractivity contribution in [3.8, 4) is 11.1 Å². The zero-order valence-electron chi connectivity index (χ0n) is 22.1. The molecular weight excluding hydrogens is 506 g/mol. The summed E-state index contributed by atoms with van der Waals surface area (Å²) in [4.78, 5) is 35.0. The molecule has 0 spiro atoms. The Morgan fingerprint density at radius 3 is 2.62 bits per heavy atom. The Balaban J connectivity index is 1.38. The van der Waals surface area contributed by atoms with Gasteiger partial charge in [-0.1, -0.05) is 48.5 Å².